The minimum absolute atomic E-state index is 0. The molecule has 0 aliphatic carbocycles. The Labute approximate surface area is 149 Å². The monoisotopic (exact) mass is 264 g/mol. The molecule has 0 amide bonds. The Morgan fingerprint density at radius 1 is 0.941 bits per heavy atom. The molecule has 94 valence electrons. The molecule has 0 spiro atoms. The van der Waals surface area contributed by atoms with E-state index in [1.165, 1.54) is 38.5 Å². The average molecular weight is 264 g/mol. The predicted octanol–water partition coefficient (Wildman–Crippen LogP) is 0.217. The Hall–Kier alpha value is 0.846. The maximum atomic E-state index is 10.1. The van der Waals surface area contributed by atoms with Gasteiger partial charge in [-0.25, -0.2) is 0 Å². The van der Waals surface area contributed by atoms with Crippen LogP contribution in [0.2, 0.25) is 0 Å². The third kappa shape index (κ3) is 19.4. The fourth-order valence-electron chi connectivity index (χ4n) is 1.62. The maximum absolute atomic E-state index is 10.1. The van der Waals surface area contributed by atoms with Gasteiger partial charge in [0, 0.05) is 5.97 Å². The summed E-state index contributed by atoms with van der Waals surface area (Å²) in [5.74, 6) is -0.918. The van der Waals surface area contributed by atoms with E-state index in [1.54, 1.807) is 0 Å². The van der Waals surface area contributed by atoms with Crippen molar-refractivity contribution in [3.63, 3.8) is 0 Å². The van der Waals surface area contributed by atoms with Crippen molar-refractivity contribution in [3.8, 4) is 0 Å². The first-order valence-corrected chi connectivity index (χ1v) is 6.62. The van der Waals surface area contributed by atoms with Gasteiger partial charge >= 0.3 is 51.4 Å². The molecule has 0 aromatic rings. The molecular weight excluding hydrogens is 239 g/mol. The van der Waals surface area contributed by atoms with E-state index >= 15 is 0 Å². The zero-order valence-electron chi connectivity index (χ0n) is 11.5. The normalized spacial score (nSPS) is 10.4. The van der Waals surface area contributed by atoms with Gasteiger partial charge in [-0.1, -0.05) is 51.2 Å². The molecule has 0 unspecified atom stereocenters. The average Bonchev–Trinajstić information content (AvgIpc) is 2.25. The number of carbonyl (C=O) groups is 1. The van der Waals surface area contributed by atoms with Crippen LogP contribution in [0.25, 0.3) is 0 Å². The molecule has 0 saturated heterocycles. The van der Waals surface area contributed by atoms with Gasteiger partial charge in [0.05, 0.1) is 0 Å². The first-order chi connectivity index (χ1) is 7.77. The first kappa shape index (κ1) is 20.2. The predicted molar refractivity (Wildman–Crippen MR) is 66.0 cm³/mol. The number of carboxylic acids is 1. The molecule has 0 aliphatic rings. The van der Waals surface area contributed by atoms with E-state index in [1.807, 2.05) is 0 Å². The number of allylic oxidation sites excluding steroid dienone is 2. The van der Waals surface area contributed by atoms with Crippen LogP contribution in [-0.2, 0) is 4.79 Å². The second kappa shape index (κ2) is 16.8. The van der Waals surface area contributed by atoms with Crippen LogP contribution in [0.4, 0.5) is 0 Å². The molecule has 0 aromatic carbocycles. The molecule has 0 rings (SSSR count). The SMILES string of the molecule is CCCCC=CCCCCCCCC(=O)[O-].[K+]. The zero-order valence-corrected chi connectivity index (χ0v) is 14.7. The third-order valence-electron chi connectivity index (χ3n) is 2.64. The van der Waals surface area contributed by atoms with Crippen LogP contribution in [0.15, 0.2) is 12.2 Å². The molecule has 2 nitrogen and oxygen atoms in total. The summed E-state index contributed by atoms with van der Waals surface area (Å²) in [4.78, 5) is 10.1. The van der Waals surface area contributed by atoms with Crippen molar-refractivity contribution in [1.29, 1.82) is 0 Å². The molecule has 3 heteroatoms. The van der Waals surface area contributed by atoms with Crippen molar-refractivity contribution >= 4 is 5.97 Å². The quantitative estimate of drug-likeness (QED) is 0.304. The minimum Gasteiger partial charge on any atom is -0.550 e. The fraction of sp³-hybridized carbons (Fsp3) is 0.786. The van der Waals surface area contributed by atoms with Crippen LogP contribution in [-0.4, -0.2) is 5.97 Å². The maximum Gasteiger partial charge on any atom is 1.00 e. The van der Waals surface area contributed by atoms with Crippen molar-refractivity contribution in [3.05, 3.63) is 12.2 Å². The summed E-state index contributed by atoms with van der Waals surface area (Å²) in [6.45, 7) is 2.21. The molecule has 0 aromatic heterocycles. The summed E-state index contributed by atoms with van der Waals surface area (Å²) in [5, 5.41) is 10.1. The zero-order chi connectivity index (χ0) is 12.1. The second-order valence-corrected chi connectivity index (χ2v) is 4.29. The Bertz CT molecular complexity index is 191. The van der Waals surface area contributed by atoms with E-state index in [4.69, 9.17) is 0 Å². The van der Waals surface area contributed by atoms with Crippen molar-refractivity contribution in [2.45, 2.75) is 71.1 Å². The Morgan fingerprint density at radius 2 is 1.47 bits per heavy atom. The number of carbonyl (C=O) groups excluding carboxylic acids is 1. The fourth-order valence-corrected chi connectivity index (χ4v) is 1.62. The van der Waals surface area contributed by atoms with Gasteiger partial charge in [0.2, 0.25) is 0 Å². The van der Waals surface area contributed by atoms with E-state index in [-0.39, 0.29) is 57.8 Å². The van der Waals surface area contributed by atoms with Crippen LogP contribution < -0.4 is 56.5 Å². The van der Waals surface area contributed by atoms with E-state index in [0.717, 1.165) is 19.3 Å². The number of unbranched alkanes of at least 4 members (excludes halogenated alkanes) is 7. The summed E-state index contributed by atoms with van der Waals surface area (Å²) in [7, 11) is 0. The molecule has 17 heavy (non-hydrogen) atoms. The summed E-state index contributed by atoms with van der Waals surface area (Å²) in [6, 6.07) is 0. The minimum atomic E-state index is -0.918. The van der Waals surface area contributed by atoms with Gasteiger partial charge in [-0.2, -0.15) is 0 Å². The number of carboxylic acid groups (broad SMARTS) is 1. The topological polar surface area (TPSA) is 40.1 Å². The molecule has 0 bridgehead atoms. The summed E-state index contributed by atoms with van der Waals surface area (Å²) in [6.07, 6.45) is 15.1. The number of rotatable bonds is 11. The van der Waals surface area contributed by atoms with Gasteiger partial charge in [0.15, 0.2) is 0 Å². The van der Waals surface area contributed by atoms with E-state index in [0.29, 0.717) is 0 Å². The van der Waals surface area contributed by atoms with Gasteiger partial charge in [-0.15, -0.1) is 0 Å². The van der Waals surface area contributed by atoms with E-state index in [2.05, 4.69) is 19.1 Å². The largest absolute Gasteiger partial charge is 1.00 e. The molecule has 0 heterocycles. The van der Waals surface area contributed by atoms with Crippen LogP contribution in [0.3, 0.4) is 0 Å². The summed E-state index contributed by atoms with van der Waals surface area (Å²) in [5.41, 5.74) is 0. The van der Waals surface area contributed by atoms with Gasteiger partial charge < -0.3 is 9.90 Å². The van der Waals surface area contributed by atoms with Gasteiger partial charge in [-0.3, -0.25) is 0 Å². The molecule has 0 radical (unpaired) electrons. The van der Waals surface area contributed by atoms with Crippen molar-refractivity contribution in [2.75, 3.05) is 0 Å². The van der Waals surface area contributed by atoms with Crippen LogP contribution in [0.5, 0.6) is 0 Å². The van der Waals surface area contributed by atoms with Gasteiger partial charge in [0.25, 0.3) is 0 Å². The molecular formula is C14H25KO2. The molecule has 0 atom stereocenters. The van der Waals surface area contributed by atoms with Crippen LogP contribution in [0.1, 0.15) is 71.1 Å². The van der Waals surface area contributed by atoms with Gasteiger partial charge in [-0.05, 0) is 32.1 Å². The smallest absolute Gasteiger partial charge is 0.550 e. The van der Waals surface area contributed by atoms with Gasteiger partial charge in [0.1, 0.15) is 0 Å². The third-order valence-corrected chi connectivity index (χ3v) is 2.64. The number of hydrogen-bond acceptors (Lipinski definition) is 2. The molecule has 0 N–H and O–H groups in total. The second-order valence-electron chi connectivity index (χ2n) is 4.29. The Balaban J connectivity index is 0. The Kier molecular flexibility index (Phi) is 20.0. The number of aliphatic carboxylic acids is 1. The molecule has 0 fully saturated rings. The molecule has 0 aliphatic heterocycles. The van der Waals surface area contributed by atoms with E-state index in [9.17, 15) is 9.90 Å². The van der Waals surface area contributed by atoms with Crippen molar-refractivity contribution in [1.82, 2.24) is 0 Å². The van der Waals surface area contributed by atoms with Crippen molar-refractivity contribution < 1.29 is 61.3 Å². The summed E-state index contributed by atoms with van der Waals surface area (Å²) < 4.78 is 0. The van der Waals surface area contributed by atoms with E-state index < -0.39 is 5.97 Å². The molecule has 0 saturated carbocycles. The summed E-state index contributed by atoms with van der Waals surface area (Å²) >= 11 is 0. The number of hydrogen-bond donors (Lipinski definition) is 0. The van der Waals surface area contributed by atoms with Crippen molar-refractivity contribution in [2.24, 2.45) is 0 Å². The van der Waals surface area contributed by atoms with Crippen LogP contribution in [0, 0.1) is 0 Å². The van der Waals surface area contributed by atoms with Crippen LogP contribution >= 0.6 is 0 Å². The first-order valence-electron chi connectivity index (χ1n) is 6.62. The Morgan fingerprint density at radius 3 is 2.06 bits per heavy atom. The standard InChI is InChI=1S/C14H26O2.K/c1-2-3-4-5-6-7-8-9-10-11-12-13-14(15)16;/h5-6H,2-4,7-13H2,1H3,(H,15,16);/q;+1/p-1.